The second-order valence-electron chi connectivity index (χ2n) is 2.70. The molecule has 0 saturated carbocycles. The molecule has 0 amide bonds. The van der Waals surface area contributed by atoms with Gasteiger partial charge in [0.05, 0.1) is 6.33 Å². The predicted octanol–water partition coefficient (Wildman–Crippen LogP) is 1.73. The molecule has 0 fully saturated rings. The van der Waals surface area contributed by atoms with Gasteiger partial charge in [0.2, 0.25) is 0 Å². The molecule has 0 aliphatic carbocycles. The minimum Gasteiger partial charge on any atom is -0.348 e. The lowest BCUT2D eigenvalue weighted by Gasteiger charge is -2.01. The van der Waals surface area contributed by atoms with Gasteiger partial charge in [-0.3, -0.25) is 0 Å². The highest BCUT2D eigenvalue weighted by Crippen LogP contribution is 2.21. The van der Waals surface area contributed by atoms with Crippen molar-refractivity contribution in [2.45, 2.75) is 19.5 Å². The van der Waals surface area contributed by atoms with Crippen LogP contribution in [0.5, 0.6) is 0 Å². The van der Waals surface area contributed by atoms with Crippen LogP contribution in [0.15, 0.2) is 6.33 Å². The Kier molecular flexibility index (Phi) is 2.82. The molecule has 66 valence electrons. The van der Waals surface area contributed by atoms with Crippen molar-refractivity contribution >= 4 is 24.6 Å². The maximum absolute atomic E-state index is 5.06. The van der Waals surface area contributed by atoms with Crippen molar-refractivity contribution in [1.29, 1.82) is 0 Å². The Balaban J connectivity index is 0.000000720. The summed E-state index contributed by atoms with van der Waals surface area (Å²) in [6.45, 7) is 2.96. The molecule has 1 unspecified atom stereocenters. The van der Waals surface area contributed by atoms with Crippen LogP contribution in [-0.2, 0) is 6.54 Å². The maximum atomic E-state index is 5.06. The highest BCUT2D eigenvalue weighted by molar-refractivity contribution is 7.71. The zero-order chi connectivity index (χ0) is 7.84. The smallest absolute Gasteiger partial charge is 0.134 e. The number of fused-ring (bicyclic) bond motifs is 1. The SMILES string of the molecule is CC1NCc2c1[nH]cnc2=S.Cl. The molecular weight excluding hydrogens is 194 g/mol. The first-order chi connectivity index (χ1) is 5.29. The molecule has 0 bridgehead atoms. The normalized spacial score (nSPS) is 19.9. The minimum atomic E-state index is 0. The van der Waals surface area contributed by atoms with Gasteiger partial charge in [0.1, 0.15) is 4.64 Å². The topological polar surface area (TPSA) is 40.7 Å². The molecule has 0 saturated heterocycles. The third-order valence-corrected chi connectivity index (χ3v) is 2.35. The van der Waals surface area contributed by atoms with Crippen LogP contribution in [0.4, 0.5) is 0 Å². The summed E-state index contributed by atoms with van der Waals surface area (Å²) in [6.07, 6.45) is 1.66. The molecule has 0 radical (unpaired) electrons. The number of hydrogen-bond donors (Lipinski definition) is 2. The van der Waals surface area contributed by atoms with Gasteiger partial charge in [0.25, 0.3) is 0 Å². The van der Waals surface area contributed by atoms with E-state index in [1.807, 2.05) is 0 Å². The van der Waals surface area contributed by atoms with Crippen LogP contribution >= 0.6 is 24.6 Å². The van der Waals surface area contributed by atoms with E-state index >= 15 is 0 Å². The predicted molar refractivity (Wildman–Crippen MR) is 51.9 cm³/mol. The first-order valence-corrected chi connectivity index (χ1v) is 3.99. The number of aromatic amines is 1. The second kappa shape index (κ2) is 3.51. The molecular formula is C7H10ClN3S. The average Bonchev–Trinajstić information content (AvgIpc) is 2.35. The third kappa shape index (κ3) is 1.37. The average molecular weight is 204 g/mol. The molecule has 5 heteroatoms. The number of nitrogens with zero attached hydrogens (tertiary/aromatic N) is 1. The Morgan fingerprint density at radius 1 is 1.67 bits per heavy atom. The number of H-pyrrole nitrogens is 1. The molecule has 0 spiro atoms. The van der Waals surface area contributed by atoms with E-state index in [-0.39, 0.29) is 12.4 Å². The molecule has 3 nitrogen and oxygen atoms in total. The van der Waals surface area contributed by atoms with Gasteiger partial charge in [-0.25, -0.2) is 4.98 Å². The molecule has 1 atom stereocenters. The van der Waals surface area contributed by atoms with E-state index in [2.05, 4.69) is 22.2 Å². The Hall–Kier alpha value is -0.450. The van der Waals surface area contributed by atoms with Gasteiger partial charge < -0.3 is 10.3 Å². The number of hydrogen-bond acceptors (Lipinski definition) is 3. The minimum absolute atomic E-state index is 0. The summed E-state index contributed by atoms with van der Waals surface area (Å²) >= 11 is 5.06. The molecule has 2 rings (SSSR count). The molecule has 12 heavy (non-hydrogen) atoms. The van der Waals surface area contributed by atoms with Crippen molar-refractivity contribution in [2.75, 3.05) is 0 Å². The van der Waals surface area contributed by atoms with Crippen LogP contribution in [0.2, 0.25) is 0 Å². The Bertz CT molecular complexity index is 336. The van der Waals surface area contributed by atoms with E-state index in [9.17, 15) is 0 Å². The van der Waals surface area contributed by atoms with Crippen molar-refractivity contribution < 1.29 is 0 Å². The summed E-state index contributed by atoms with van der Waals surface area (Å²) in [5, 5.41) is 3.29. The van der Waals surface area contributed by atoms with E-state index in [0.717, 1.165) is 16.7 Å². The van der Waals surface area contributed by atoms with E-state index in [1.165, 1.54) is 5.69 Å². The van der Waals surface area contributed by atoms with Crippen molar-refractivity contribution in [1.82, 2.24) is 15.3 Å². The lowest BCUT2D eigenvalue weighted by Crippen LogP contribution is -2.07. The monoisotopic (exact) mass is 203 g/mol. The molecule has 1 aromatic rings. The maximum Gasteiger partial charge on any atom is 0.134 e. The third-order valence-electron chi connectivity index (χ3n) is 2.00. The van der Waals surface area contributed by atoms with Crippen LogP contribution in [-0.4, -0.2) is 9.97 Å². The van der Waals surface area contributed by atoms with E-state index < -0.39 is 0 Å². The Morgan fingerprint density at radius 3 is 3.08 bits per heavy atom. The van der Waals surface area contributed by atoms with Gasteiger partial charge >= 0.3 is 0 Å². The number of aromatic nitrogens is 2. The quantitative estimate of drug-likeness (QED) is 0.631. The molecule has 1 aliphatic rings. The first-order valence-electron chi connectivity index (χ1n) is 3.59. The summed E-state index contributed by atoms with van der Waals surface area (Å²) in [5.41, 5.74) is 2.33. The fourth-order valence-electron chi connectivity index (χ4n) is 1.36. The molecule has 2 heterocycles. The highest BCUT2D eigenvalue weighted by Gasteiger charge is 2.18. The van der Waals surface area contributed by atoms with Crippen molar-refractivity contribution in [3.63, 3.8) is 0 Å². The van der Waals surface area contributed by atoms with Crippen molar-refractivity contribution in [2.24, 2.45) is 0 Å². The lowest BCUT2D eigenvalue weighted by molar-refractivity contribution is 0.623. The molecule has 1 aromatic heterocycles. The summed E-state index contributed by atoms with van der Waals surface area (Å²) in [5.74, 6) is 0. The number of rotatable bonds is 0. The summed E-state index contributed by atoms with van der Waals surface area (Å²) < 4.78 is 0.718. The Labute approximate surface area is 82.0 Å². The van der Waals surface area contributed by atoms with Crippen LogP contribution in [0, 0.1) is 4.64 Å². The second-order valence-corrected chi connectivity index (χ2v) is 3.09. The fraction of sp³-hybridized carbons (Fsp3) is 0.429. The zero-order valence-corrected chi connectivity index (χ0v) is 8.26. The zero-order valence-electron chi connectivity index (χ0n) is 6.63. The van der Waals surface area contributed by atoms with Crippen LogP contribution in [0.25, 0.3) is 0 Å². The van der Waals surface area contributed by atoms with E-state index in [4.69, 9.17) is 12.2 Å². The summed E-state index contributed by atoms with van der Waals surface area (Å²) in [4.78, 5) is 7.10. The largest absolute Gasteiger partial charge is 0.348 e. The standard InChI is InChI=1S/C7H9N3S.ClH/c1-4-6-5(2-8-4)7(11)10-3-9-6;/h3-4,8H,2H2,1H3,(H,9,10,11);1H. The van der Waals surface area contributed by atoms with Crippen molar-refractivity contribution in [3.05, 3.63) is 22.2 Å². The number of nitrogens with one attached hydrogen (secondary N) is 2. The van der Waals surface area contributed by atoms with Crippen LogP contribution in [0.1, 0.15) is 24.2 Å². The summed E-state index contributed by atoms with van der Waals surface area (Å²) in [7, 11) is 0. The van der Waals surface area contributed by atoms with Crippen LogP contribution < -0.4 is 5.32 Å². The van der Waals surface area contributed by atoms with Gasteiger partial charge in [0, 0.05) is 23.8 Å². The first kappa shape index (κ1) is 9.64. The Morgan fingerprint density at radius 2 is 2.42 bits per heavy atom. The van der Waals surface area contributed by atoms with Gasteiger partial charge in [-0.15, -0.1) is 12.4 Å². The fourth-order valence-corrected chi connectivity index (χ4v) is 1.59. The van der Waals surface area contributed by atoms with E-state index in [1.54, 1.807) is 6.33 Å². The van der Waals surface area contributed by atoms with Gasteiger partial charge in [-0.05, 0) is 6.92 Å². The molecule has 1 aliphatic heterocycles. The summed E-state index contributed by atoms with van der Waals surface area (Å²) in [6, 6.07) is 0.384. The molecule has 0 aromatic carbocycles. The van der Waals surface area contributed by atoms with Gasteiger partial charge in [0.15, 0.2) is 0 Å². The van der Waals surface area contributed by atoms with E-state index in [0.29, 0.717) is 6.04 Å². The van der Waals surface area contributed by atoms with Crippen molar-refractivity contribution in [3.8, 4) is 0 Å². The molecule has 2 N–H and O–H groups in total. The highest BCUT2D eigenvalue weighted by atomic mass is 35.5. The van der Waals surface area contributed by atoms with Crippen LogP contribution in [0.3, 0.4) is 0 Å². The lowest BCUT2D eigenvalue weighted by atomic mass is 10.2. The van der Waals surface area contributed by atoms with Gasteiger partial charge in [-0.2, -0.15) is 0 Å². The van der Waals surface area contributed by atoms with Gasteiger partial charge in [-0.1, -0.05) is 12.2 Å². The number of halogens is 1.